The highest BCUT2D eigenvalue weighted by molar-refractivity contribution is 7.18. The normalized spacial score (nSPS) is 10.3. The van der Waals surface area contributed by atoms with Crippen LogP contribution in [0.25, 0.3) is 10.6 Å². The number of hydrogen-bond acceptors (Lipinski definition) is 4. The number of amides is 2. The number of para-hydroxylation sites is 1. The quantitative estimate of drug-likeness (QED) is 0.753. The number of benzene rings is 2. The highest BCUT2D eigenvalue weighted by Crippen LogP contribution is 2.26. The zero-order valence-corrected chi connectivity index (χ0v) is 13.0. The van der Waals surface area contributed by atoms with Crippen molar-refractivity contribution in [2.75, 3.05) is 10.6 Å². The topological polar surface area (TPSA) is 66.9 Å². The summed E-state index contributed by atoms with van der Waals surface area (Å²) in [5.74, 6) is -0.343. The van der Waals surface area contributed by atoms with Crippen molar-refractivity contribution in [1.29, 1.82) is 0 Å². The van der Waals surface area contributed by atoms with Crippen LogP contribution in [0.2, 0.25) is 0 Å². The van der Waals surface area contributed by atoms with E-state index < -0.39 is 6.03 Å². The Morgan fingerprint density at radius 3 is 2.70 bits per heavy atom. The average Bonchev–Trinajstić information content (AvgIpc) is 2.98. The summed E-state index contributed by atoms with van der Waals surface area (Å²) in [6, 6.07) is 13.1. The van der Waals surface area contributed by atoms with E-state index in [-0.39, 0.29) is 5.82 Å². The third-order valence-corrected chi connectivity index (χ3v) is 4.00. The van der Waals surface area contributed by atoms with E-state index in [2.05, 4.69) is 20.8 Å². The minimum atomic E-state index is -0.402. The van der Waals surface area contributed by atoms with Crippen LogP contribution in [0.5, 0.6) is 0 Å². The van der Waals surface area contributed by atoms with Crippen molar-refractivity contribution in [3.63, 3.8) is 0 Å². The zero-order chi connectivity index (χ0) is 16.2. The first-order chi connectivity index (χ1) is 11.1. The summed E-state index contributed by atoms with van der Waals surface area (Å²) < 4.78 is 13.2. The first kappa shape index (κ1) is 15.1. The van der Waals surface area contributed by atoms with E-state index in [4.69, 9.17) is 0 Å². The van der Waals surface area contributed by atoms with Gasteiger partial charge in [-0.3, -0.25) is 5.32 Å². The molecule has 0 radical (unpaired) electrons. The molecule has 5 nitrogen and oxygen atoms in total. The average molecular weight is 328 g/mol. The molecule has 23 heavy (non-hydrogen) atoms. The number of hydrogen-bond donors (Lipinski definition) is 2. The van der Waals surface area contributed by atoms with Gasteiger partial charge in [-0.2, -0.15) is 0 Å². The molecular weight excluding hydrogens is 315 g/mol. The summed E-state index contributed by atoms with van der Waals surface area (Å²) >= 11 is 1.18. The Kier molecular flexibility index (Phi) is 4.29. The summed E-state index contributed by atoms with van der Waals surface area (Å²) in [4.78, 5) is 12.0. The maximum atomic E-state index is 13.2. The molecule has 0 saturated heterocycles. The maximum absolute atomic E-state index is 13.2. The monoisotopic (exact) mass is 328 g/mol. The fourth-order valence-electron chi connectivity index (χ4n) is 1.98. The van der Waals surface area contributed by atoms with Gasteiger partial charge in [-0.05, 0) is 30.7 Å². The minimum absolute atomic E-state index is 0.343. The molecule has 0 bridgehead atoms. The van der Waals surface area contributed by atoms with Gasteiger partial charge in [0, 0.05) is 11.3 Å². The Bertz CT molecular complexity index is 849. The molecule has 7 heteroatoms. The predicted molar refractivity (Wildman–Crippen MR) is 89.1 cm³/mol. The lowest BCUT2D eigenvalue weighted by atomic mass is 10.2. The maximum Gasteiger partial charge on any atom is 0.325 e. The summed E-state index contributed by atoms with van der Waals surface area (Å²) in [5, 5.41) is 14.1. The Labute approximate surface area is 136 Å². The molecular formula is C16H13FN4OS. The number of anilines is 2. The molecule has 0 fully saturated rings. The molecule has 116 valence electrons. The standard InChI is InChI=1S/C16H13FN4OS/c1-10-5-2-3-8-13(10)18-15(22)19-16-21-20-14(23-16)11-6-4-7-12(17)9-11/h2-9H,1H3,(H2,18,19,21,22). The van der Waals surface area contributed by atoms with Crippen LogP contribution in [-0.2, 0) is 0 Å². The van der Waals surface area contributed by atoms with E-state index in [9.17, 15) is 9.18 Å². The Balaban J connectivity index is 1.69. The first-order valence-corrected chi connectivity index (χ1v) is 7.66. The Morgan fingerprint density at radius 1 is 1.09 bits per heavy atom. The van der Waals surface area contributed by atoms with Gasteiger partial charge in [0.15, 0.2) is 0 Å². The van der Waals surface area contributed by atoms with E-state index in [0.717, 1.165) is 11.3 Å². The van der Waals surface area contributed by atoms with Gasteiger partial charge < -0.3 is 5.32 Å². The van der Waals surface area contributed by atoms with Crippen molar-refractivity contribution < 1.29 is 9.18 Å². The van der Waals surface area contributed by atoms with E-state index in [1.54, 1.807) is 12.1 Å². The highest BCUT2D eigenvalue weighted by Gasteiger charge is 2.10. The molecule has 2 N–H and O–H groups in total. The zero-order valence-electron chi connectivity index (χ0n) is 12.2. The van der Waals surface area contributed by atoms with Crippen molar-refractivity contribution in [2.24, 2.45) is 0 Å². The number of rotatable bonds is 3. The van der Waals surface area contributed by atoms with Crippen LogP contribution in [-0.4, -0.2) is 16.2 Å². The number of aromatic nitrogens is 2. The molecule has 0 spiro atoms. The van der Waals surface area contributed by atoms with E-state index in [0.29, 0.717) is 15.7 Å². The summed E-state index contributed by atoms with van der Waals surface area (Å²) in [6.07, 6.45) is 0. The number of halogens is 1. The van der Waals surface area contributed by atoms with Gasteiger partial charge >= 0.3 is 6.03 Å². The highest BCUT2D eigenvalue weighted by atomic mass is 32.1. The van der Waals surface area contributed by atoms with Crippen LogP contribution in [0, 0.1) is 12.7 Å². The summed E-state index contributed by atoms with van der Waals surface area (Å²) in [7, 11) is 0. The molecule has 0 atom stereocenters. The van der Waals surface area contributed by atoms with Gasteiger partial charge in [-0.15, -0.1) is 10.2 Å². The second kappa shape index (κ2) is 6.53. The summed E-state index contributed by atoms with van der Waals surface area (Å²) in [5.41, 5.74) is 2.30. The molecule has 1 heterocycles. The molecule has 3 aromatic rings. The van der Waals surface area contributed by atoms with Crippen LogP contribution in [0.4, 0.5) is 20.0 Å². The Hall–Kier alpha value is -2.80. The summed E-state index contributed by atoms with van der Waals surface area (Å²) in [6.45, 7) is 1.91. The Morgan fingerprint density at radius 2 is 1.91 bits per heavy atom. The number of nitrogens with zero attached hydrogens (tertiary/aromatic N) is 2. The number of carbonyl (C=O) groups excluding carboxylic acids is 1. The van der Waals surface area contributed by atoms with E-state index >= 15 is 0 Å². The second-order valence-corrected chi connectivity index (χ2v) is 5.79. The van der Waals surface area contributed by atoms with Crippen LogP contribution >= 0.6 is 11.3 Å². The SMILES string of the molecule is Cc1ccccc1NC(=O)Nc1nnc(-c2cccc(F)c2)s1. The molecule has 2 amide bonds. The van der Waals surface area contributed by atoms with Gasteiger partial charge in [0.25, 0.3) is 0 Å². The van der Waals surface area contributed by atoms with Crippen molar-refractivity contribution in [2.45, 2.75) is 6.92 Å². The van der Waals surface area contributed by atoms with Gasteiger partial charge in [0.05, 0.1) is 0 Å². The molecule has 1 aromatic heterocycles. The van der Waals surface area contributed by atoms with Crippen molar-refractivity contribution >= 4 is 28.2 Å². The molecule has 0 aliphatic rings. The molecule has 2 aromatic carbocycles. The molecule has 3 rings (SSSR count). The number of carbonyl (C=O) groups is 1. The van der Waals surface area contributed by atoms with Gasteiger partial charge in [0.2, 0.25) is 5.13 Å². The fourth-order valence-corrected chi connectivity index (χ4v) is 2.71. The van der Waals surface area contributed by atoms with E-state index in [1.807, 2.05) is 31.2 Å². The minimum Gasteiger partial charge on any atom is -0.307 e. The van der Waals surface area contributed by atoms with Crippen molar-refractivity contribution in [3.8, 4) is 10.6 Å². The van der Waals surface area contributed by atoms with Gasteiger partial charge in [-0.25, -0.2) is 9.18 Å². The molecule has 0 saturated carbocycles. The molecule has 0 aliphatic carbocycles. The third kappa shape index (κ3) is 3.70. The van der Waals surface area contributed by atoms with Crippen LogP contribution in [0.1, 0.15) is 5.56 Å². The smallest absolute Gasteiger partial charge is 0.307 e. The lowest BCUT2D eigenvalue weighted by molar-refractivity contribution is 0.262. The van der Waals surface area contributed by atoms with Crippen LogP contribution < -0.4 is 10.6 Å². The molecule has 0 aliphatic heterocycles. The van der Waals surface area contributed by atoms with Gasteiger partial charge in [0.1, 0.15) is 10.8 Å². The van der Waals surface area contributed by atoms with Crippen molar-refractivity contribution in [3.05, 3.63) is 59.9 Å². The third-order valence-electron chi connectivity index (χ3n) is 3.11. The molecule has 0 unspecified atom stereocenters. The van der Waals surface area contributed by atoms with E-state index in [1.165, 1.54) is 23.5 Å². The largest absolute Gasteiger partial charge is 0.325 e. The lowest BCUT2D eigenvalue weighted by Crippen LogP contribution is -2.19. The fraction of sp³-hybridized carbons (Fsp3) is 0.0625. The number of urea groups is 1. The first-order valence-electron chi connectivity index (χ1n) is 6.85. The van der Waals surface area contributed by atoms with Crippen molar-refractivity contribution in [1.82, 2.24) is 10.2 Å². The van der Waals surface area contributed by atoms with Crippen LogP contribution in [0.15, 0.2) is 48.5 Å². The number of aryl methyl sites for hydroxylation is 1. The van der Waals surface area contributed by atoms with Gasteiger partial charge in [-0.1, -0.05) is 41.7 Å². The second-order valence-electron chi connectivity index (χ2n) is 4.82. The van der Waals surface area contributed by atoms with Crippen LogP contribution in [0.3, 0.4) is 0 Å². The lowest BCUT2D eigenvalue weighted by Gasteiger charge is -2.07. The predicted octanol–water partition coefficient (Wildman–Crippen LogP) is 4.30. The number of nitrogens with one attached hydrogen (secondary N) is 2.